The molecule has 156 valence electrons. The smallest absolute Gasteiger partial charge is 0.332 e. The molecule has 4 rings (SSSR count). The highest BCUT2D eigenvalue weighted by Gasteiger charge is 2.42. The maximum atomic E-state index is 13.6. The molecule has 0 fully saturated rings. The normalized spacial score (nSPS) is 20.3. The molecule has 30 heavy (non-hydrogen) atoms. The molecule has 2 aliphatic rings. The second kappa shape index (κ2) is 8.30. The summed E-state index contributed by atoms with van der Waals surface area (Å²) in [6.07, 6.45) is 3.28. The average molecular weight is 408 g/mol. The zero-order valence-corrected chi connectivity index (χ0v) is 17.4. The van der Waals surface area contributed by atoms with E-state index in [1.54, 1.807) is 26.2 Å². The molecule has 0 N–H and O–H groups in total. The van der Waals surface area contributed by atoms with Gasteiger partial charge in [0.2, 0.25) is 0 Å². The Bertz CT molecular complexity index is 1010. The van der Waals surface area contributed by atoms with Gasteiger partial charge >= 0.3 is 5.97 Å². The van der Waals surface area contributed by atoms with E-state index in [1.165, 1.54) is 23.8 Å². The molecule has 0 saturated carbocycles. The van der Waals surface area contributed by atoms with E-state index in [1.807, 2.05) is 18.0 Å². The molecule has 6 heteroatoms. The summed E-state index contributed by atoms with van der Waals surface area (Å²) in [6, 6.07) is 12.5. The second-order valence-corrected chi connectivity index (χ2v) is 7.53. The maximum absolute atomic E-state index is 13.6. The highest BCUT2D eigenvalue weighted by molar-refractivity contribution is 6.06. The van der Waals surface area contributed by atoms with Crippen molar-refractivity contribution in [3.8, 4) is 5.75 Å². The number of allylic oxidation sites excluding steroid dienone is 1. The van der Waals surface area contributed by atoms with Gasteiger partial charge in [-0.1, -0.05) is 12.1 Å². The van der Waals surface area contributed by atoms with Gasteiger partial charge in [-0.15, -0.1) is 0 Å². The third-order valence-electron chi connectivity index (χ3n) is 5.71. The molecule has 0 bridgehead atoms. The Balaban J connectivity index is 1.77. The summed E-state index contributed by atoms with van der Waals surface area (Å²) in [6.45, 7) is 3.94. The summed E-state index contributed by atoms with van der Waals surface area (Å²) in [5.41, 5.74) is 4.96. The molecule has 5 nitrogen and oxygen atoms in total. The minimum absolute atomic E-state index is 0.110. The summed E-state index contributed by atoms with van der Waals surface area (Å²) in [5.74, 6) is 0.301. The van der Waals surface area contributed by atoms with Gasteiger partial charge in [-0.3, -0.25) is 5.01 Å². The van der Waals surface area contributed by atoms with Crippen molar-refractivity contribution in [2.24, 2.45) is 11.0 Å². The van der Waals surface area contributed by atoms with Gasteiger partial charge in [0.25, 0.3) is 0 Å². The number of hydrogen-bond donors (Lipinski definition) is 0. The first-order chi connectivity index (χ1) is 14.5. The molecule has 1 aliphatic carbocycles. The number of aryl methyl sites for hydroxylation is 1. The van der Waals surface area contributed by atoms with Crippen LogP contribution in [0.15, 0.2) is 59.3 Å². The Morgan fingerprint density at radius 3 is 2.73 bits per heavy atom. The molecule has 0 aromatic heterocycles. The standard InChI is InChI=1S/C24H25FN2O3/c1-4-30-22(28)13-15(2)27-24(16-5-8-18(25)9-6-16)21-11-7-17-14-19(29-3)10-12-20(17)23(21)26-27/h5-6,8-10,12-14,21,24H,4,7,11H2,1-3H3/b15-13+/t21-,24-/m0/s1. The van der Waals surface area contributed by atoms with Crippen LogP contribution in [0, 0.1) is 11.7 Å². The fourth-order valence-electron chi connectivity index (χ4n) is 4.34. The molecule has 0 radical (unpaired) electrons. The molecular weight excluding hydrogens is 383 g/mol. The molecule has 0 spiro atoms. The van der Waals surface area contributed by atoms with E-state index in [0.717, 1.165) is 35.4 Å². The van der Waals surface area contributed by atoms with E-state index in [9.17, 15) is 9.18 Å². The third-order valence-corrected chi connectivity index (χ3v) is 5.71. The Morgan fingerprint density at radius 2 is 2.03 bits per heavy atom. The first-order valence-corrected chi connectivity index (χ1v) is 10.2. The summed E-state index contributed by atoms with van der Waals surface area (Å²) >= 11 is 0. The van der Waals surface area contributed by atoms with Crippen LogP contribution >= 0.6 is 0 Å². The number of rotatable bonds is 5. The summed E-state index contributed by atoms with van der Waals surface area (Å²) < 4.78 is 24.0. The fourth-order valence-corrected chi connectivity index (χ4v) is 4.34. The number of methoxy groups -OCH3 is 1. The van der Waals surface area contributed by atoms with Crippen molar-refractivity contribution in [1.82, 2.24) is 5.01 Å². The van der Waals surface area contributed by atoms with Gasteiger partial charge in [0.05, 0.1) is 25.5 Å². The molecule has 1 aliphatic heterocycles. The first-order valence-electron chi connectivity index (χ1n) is 10.2. The molecule has 2 aromatic rings. The lowest BCUT2D eigenvalue weighted by atomic mass is 9.77. The number of carbonyl (C=O) groups excluding carboxylic acids is 1. The molecule has 1 heterocycles. The van der Waals surface area contributed by atoms with Gasteiger partial charge in [-0.05, 0) is 68.1 Å². The molecule has 0 amide bonds. The quantitative estimate of drug-likeness (QED) is 0.535. The Hall–Kier alpha value is -3.15. The fraction of sp³-hybridized carbons (Fsp3) is 0.333. The minimum Gasteiger partial charge on any atom is -0.497 e. The number of esters is 1. The Kier molecular flexibility index (Phi) is 5.57. The highest BCUT2D eigenvalue weighted by atomic mass is 19.1. The molecule has 0 unspecified atom stereocenters. The monoisotopic (exact) mass is 408 g/mol. The van der Waals surface area contributed by atoms with Gasteiger partial charge in [-0.25, -0.2) is 9.18 Å². The van der Waals surface area contributed by atoms with E-state index in [2.05, 4.69) is 12.1 Å². The Morgan fingerprint density at radius 1 is 1.27 bits per heavy atom. The van der Waals surface area contributed by atoms with Gasteiger partial charge < -0.3 is 9.47 Å². The largest absolute Gasteiger partial charge is 0.497 e. The number of hydrazone groups is 1. The van der Waals surface area contributed by atoms with Crippen molar-refractivity contribution in [1.29, 1.82) is 0 Å². The van der Waals surface area contributed by atoms with Crippen LogP contribution in [0.4, 0.5) is 4.39 Å². The Labute approximate surface area is 175 Å². The van der Waals surface area contributed by atoms with E-state index in [-0.39, 0.29) is 17.8 Å². The number of fused-ring (bicyclic) bond motifs is 3. The van der Waals surface area contributed by atoms with Crippen LogP contribution in [-0.4, -0.2) is 30.4 Å². The molecule has 2 atom stereocenters. The first kappa shape index (κ1) is 20.1. The summed E-state index contributed by atoms with van der Waals surface area (Å²) in [4.78, 5) is 12.0. The lowest BCUT2D eigenvalue weighted by molar-refractivity contribution is -0.137. The van der Waals surface area contributed by atoms with Crippen LogP contribution in [0.2, 0.25) is 0 Å². The van der Waals surface area contributed by atoms with Gasteiger partial charge in [0.1, 0.15) is 11.6 Å². The average Bonchev–Trinajstić information content (AvgIpc) is 3.14. The lowest BCUT2D eigenvalue weighted by Gasteiger charge is -2.31. The van der Waals surface area contributed by atoms with Gasteiger partial charge in [-0.2, -0.15) is 5.10 Å². The van der Waals surface area contributed by atoms with Crippen LogP contribution in [-0.2, 0) is 16.0 Å². The molecule has 2 aromatic carbocycles. The lowest BCUT2D eigenvalue weighted by Crippen LogP contribution is -2.28. The van der Waals surface area contributed by atoms with E-state index < -0.39 is 5.97 Å². The SMILES string of the molecule is CCOC(=O)/C=C(\C)N1N=C2c3ccc(OC)cc3CC[C@@H]2[C@@H]1c1ccc(F)cc1. The number of halogens is 1. The van der Waals surface area contributed by atoms with Crippen LogP contribution in [0.5, 0.6) is 5.75 Å². The highest BCUT2D eigenvalue weighted by Crippen LogP contribution is 2.45. The van der Waals surface area contributed by atoms with Crippen LogP contribution in [0.25, 0.3) is 0 Å². The number of carbonyl (C=O) groups is 1. The zero-order valence-electron chi connectivity index (χ0n) is 17.4. The van der Waals surface area contributed by atoms with E-state index >= 15 is 0 Å². The number of nitrogens with zero attached hydrogens (tertiary/aromatic N) is 2. The van der Waals surface area contributed by atoms with Crippen LogP contribution < -0.4 is 4.74 Å². The van der Waals surface area contributed by atoms with Crippen LogP contribution in [0.3, 0.4) is 0 Å². The number of ether oxygens (including phenoxy) is 2. The van der Waals surface area contributed by atoms with Crippen LogP contribution in [0.1, 0.15) is 43.0 Å². The number of benzene rings is 2. The molecular formula is C24H25FN2O3. The predicted molar refractivity (Wildman–Crippen MR) is 113 cm³/mol. The molecule has 0 saturated heterocycles. The topological polar surface area (TPSA) is 51.1 Å². The minimum atomic E-state index is -0.395. The van der Waals surface area contributed by atoms with E-state index in [4.69, 9.17) is 14.6 Å². The number of hydrogen-bond acceptors (Lipinski definition) is 5. The van der Waals surface area contributed by atoms with Crippen molar-refractivity contribution < 1.29 is 18.7 Å². The summed E-state index contributed by atoms with van der Waals surface area (Å²) in [5, 5.41) is 6.82. The third kappa shape index (κ3) is 3.70. The second-order valence-electron chi connectivity index (χ2n) is 7.53. The van der Waals surface area contributed by atoms with Gasteiger partial charge in [0.15, 0.2) is 0 Å². The maximum Gasteiger partial charge on any atom is 0.332 e. The zero-order chi connectivity index (χ0) is 21.3. The van der Waals surface area contributed by atoms with E-state index in [0.29, 0.717) is 12.3 Å². The van der Waals surface area contributed by atoms with Crippen molar-refractivity contribution in [3.63, 3.8) is 0 Å². The van der Waals surface area contributed by atoms with Crippen molar-refractivity contribution in [3.05, 3.63) is 76.7 Å². The van der Waals surface area contributed by atoms with Crippen molar-refractivity contribution in [2.45, 2.75) is 32.7 Å². The van der Waals surface area contributed by atoms with Crippen molar-refractivity contribution >= 4 is 11.7 Å². The summed E-state index contributed by atoms with van der Waals surface area (Å²) in [7, 11) is 1.66. The predicted octanol–water partition coefficient (Wildman–Crippen LogP) is 4.62. The van der Waals surface area contributed by atoms with Gasteiger partial charge in [0, 0.05) is 23.3 Å². The van der Waals surface area contributed by atoms with Crippen molar-refractivity contribution in [2.75, 3.05) is 13.7 Å².